The number of aliphatic carboxylic acids is 1. The van der Waals surface area contributed by atoms with Crippen LogP contribution in [0.5, 0.6) is 0 Å². The number of carboxylic acid groups (broad SMARTS) is 1. The maximum absolute atomic E-state index is 12.0. The quantitative estimate of drug-likeness (QED) is 0.858. The van der Waals surface area contributed by atoms with E-state index in [4.69, 9.17) is 5.11 Å². The topological polar surface area (TPSA) is 66.4 Å². The molecule has 2 N–H and O–H groups in total. The van der Waals surface area contributed by atoms with E-state index in [2.05, 4.69) is 37.4 Å². The second-order valence-electron chi connectivity index (χ2n) is 5.81. The van der Waals surface area contributed by atoms with Gasteiger partial charge in [-0.1, -0.05) is 41.5 Å². The predicted molar refractivity (Wildman–Crippen MR) is 90.6 cm³/mol. The zero-order valence-corrected chi connectivity index (χ0v) is 13.4. The largest absolute Gasteiger partial charge is 0.481 e. The van der Waals surface area contributed by atoms with Crippen molar-refractivity contribution in [2.24, 2.45) is 0 Å². The number of hydrogen-bond donors (Lipinski definition) is 2. The minimum atomic E-state index is -0.866. The molecule has 0 aliphatic carbocycles. The molecule has 0 aromatic heterocycles. The van der Waals surface area contributed by atoms with Gasteiger partial charge < -0.3 is 10.4 Å². The minimum absolute atomic E-state index is 0.0130. The second-order valence-corrected chi connectivity index (χ2v) is 5.81. The van der Waals surface area contributed by atoms with Gasteiger partial charge in [-0.2, -0.15) is 0 Å². The lowest BCUT2D eigenvalue weighted by Crippen LogP contribution is -2.12. The van der Waals surface area contributed by atoms with Crippen molar-refractivity contribution >= 4 is 17.6 Å². The van der Waals surface area contributed by atoms with Gasteiger partial charge in [0, 0.05) is 12.1 Å². The number of aryl methyl sites for hydroxylation is 3. The Balaban J connectivity index is 1.88. The smallest absolute Gasteiger partial charge is 0.307 e. The zero-order chi connectivity index (χ0) is 16.8. The van der Waals surface area contributed by atoms with Gasteiger partial charge in [0.05, 0.1) is 6.42 Å². The molecular formula is C19H21NO3. The van der Waals surface area contributed by atoms with Crippen molar-refractivity contribution in [3.8, 4) is 0 Å². The monoisotopic (exact) mass is 311 g/mol. The summed E-state index contributed by atoms with van der Waals surface area (Å²) in [5.41, 5.74) is 4.97. The molecule has 4 heteroatoms. The summed E-state index contributed by atoms with van der Waals surface area (Å²) in [5.74, 6) is -0.912. The molecule has 0 saturated carbocycles. The summed E-state index contributed by atoms with van der Waals surface area (Å²) < 4.78 is 0. The van der Waals surface area contributed by atoms with Crippen LogP contribution in [-0.2, 0) is 22.4 Å². The van der Waals surface area contributed by atoms with Gasteiger partial charge in [0.1, 0.15) is 0 Å². The molecule has 0 fully saturated rings. The van der Waals surface area contributed by atoms with Crippen LogP contribution in [0.2, 0.25) is 0 Å². The minimum Gasteiger partial charge on any atom is -0.481 e. The first kappa shape index (κ1) is 16.7. The highest BCUT2D eigenvalue weighted by molar-refractivity contribution is 5.90. The molecule has 0 aliphatic rings. The first-order valence-electron chi connectivity index (χ1n) is 7.60. The third-order valence-corrected chi connectivity index (χ3v) is 3.52. The van der Waals surface area contributed by atoms with E-state index in [1.807, 2.05) is 0 Å². The van der Waals surface area contributed by atoms with Crippen LogP contribution in [0, 0.1) is 13.8 Å². The van der Waals surface area contributed by atoms with Gasteiger partial charge in [0.25, 0.3) is 0 Å². The fourth-order valence-electron chi connectivity index (χ4n) is 2.58. The Morgan fingerprint density at radius 2 is 1.57 bits per heavy atom. The summed E-state index contributed by atoms with van der Waals surface area (Å²) in [6.45, 7) is 4.10. The molecule has 0 atom stereocenters. The number of rotatable bonds is 6. The Labute approximate surface area is 136 Å². The summed E-state index contributed by atoms with van der Waals surface area (Å²) in [7, 11) is 0. The molecule has 0 saturated heterocycles. The molecule has 2 rings (SSSR count). The Bertz CT molecular complexity index is 685. The van der Waals surface area contributed by atoms with Crippen LogP contribution < -0.4 is 5.32 Å². The fourth-order valence-corrected chi connectivity index (χ4v) is 2.58. The number of carbonyl (C=O) groups is 2. The number of anilines is 1. The van der Waals surface area contributed by atoms with E-state index < -0.39 is 5.97 Å². The molecule has 0 radical (unpaired) electrons. The van der Waals surface area contributed by atoms with Gasteiger partial charge in [0.2, 0.25) is 5.91 Å². The van der Waals surface area contributed by atoms with E-state index in [1.165, 1.54) is 11.1 Å². The van der Waals surface area contributed by atoms with E-state index in [1.54, 1.807) is 24.3 Å². The van der Waals surface area contributed by atoms with Crippen LogP contribution in [0.4, 0.5) is 5.69 Å². The van der Waals surface area contributed by atoms with Gasteiger partial charge in [-0.15, -0.1) is 0 Å². The molecule has 2 aromatic rings. The van der Waals surface area contributed by atoms with Crippen LogP contribution in [0.3, 0.4) is 0 Å². The van der Waals surface area contributed by atoms with Crippen molar-refractivity contribution in [3.05, 3.63) is 64.7 Å². The highest BCUT2D eigenvalue weighted by Crippen LogP contribution is 2.13. The normalized spacial score (nSPS) is 10.3. The van der Waals surface area contributed by atoms with Gasteiger partial charge in [0.15, 0.2) is 0 Å². The van der Waals surface area contributed by atoms with Crippen molar-refractivity contribution in [2.45, 2.75) is 33.1 Å². The lowest BCUT2D eigenvalue weighted by molar-refractivity contribution is -0.136. The summed E-state index contributed by atoms with van der Waals surface area (Å²) in [5, 5.41) is 11.6. The van der Waals surface area contributed by atoms with E-state index in [9.17, 15) is 9.59 Å². The molecule has 0 heterocycles. The van der Waals surface area contributed by atoms with E-state index in [-0.39, 0.29) is 12.3 Å². The molecule has 1 amide bonds. The third-order valence-electron chi connectivity index (χ3n) is 3.52. The van der Waals surface area contributed by atoms with Gasteiger partial charge >= 0.3 is 5.97 Å². The highest BCUT2D eigenvalue weighted by Gasteiger charge is 2.05. The summed E-state index contributed by atoms with van der Waals surface area (Å²) in [6, 6.07) is 13.2. The Kier molecular flexibility index (Phi) is 5.52. The molecule has 2 aromatic carbocycles. The van der Waals surface area contributed by atoms with Crippen LogP contribution in [0.1, 0.15) is 28.7 Å². The fraction of sp³-hybridized carbons (Fsp3) is 0.263. The molecule has 23 heavy (non-hydrogen) atoms. The lowest BCUT2D eigenvalue weighted by Gasteiger charge is -2.07. The number of amides is 1. The maximum Gasteiger partial charge on any atom is 0.307 e. The number of benzene rings is 2. The lowest BCUT2D eigenvalue weighted by atomic mass is 10.0. The molecule has 0 aliphatic heterocycles. The second kappa shape index (κ2) is 7.58. The predicted octanol–water partition coefficient (Wildman–Crippen LogP) is 3.50. The van der Waals surface area contributed by atoms with Crippen molar-refractivity contribution in [3.63, 3.8) is 0 Å². The Hall–Kier alpha value is -2.62. The number of hydrogen-bond acceptors (Lipinski definition) is 2. The Morgan fingerprint density at radius 3 is 2.13 bits per heavy atom. The van der Waals surface area contributed by atoms with Gasteiger partial charge in [-0.25, -0.2) is 0 Å². The van der Waals surface area contributed by atoms with Crippen molar-refractivity contribution < 1.29 is 14.7 Å². The summed E-state index contributed by atoms with van der Waals surface area (Å²) in [6.07, 6.45) is 1.10. The zero-order valence-electron chi connectivity index (χ0n) is 13.4. The molecule has 0 spiro atoms. The Morgan fingerprint density at radius 1 is 0.957 bits per heavy atom. The number of carboxylic acids is 1. The summed E-state index contributed by atoms with van der Waals surface area (Å²) in [4.78, 5) is 22.6. The van der Waals surface area contributed by atoms with Crippen molar-refractivity contribution in [2.75, 3.05) is 5.32 Å². The molecule has 4 nitrogen and oxygen atoms in total. The van der Waals surface area contributed by atoms with E-state index in [0.717, 1.165) is 5.56 Å². The van der Waals surface area contributed by atoms with Crippen LogP contribution in [0.15, 0.2) is 42.5 Å². The van der Waals surface area contributed by atoms with Crippen molar-refractivity contribution in [1.82, 2.24) is 0 Å². The molecule has 0 bridgehead atoms. The van der Waals surface area contributed by atoms with E-state index in [0.29, 0.717) is 24.1 Å². The number of nitrogens with one attached hydrogen (secondary N) is 1. The standard InChI is InChI=1S/C19H21NO3/c1-13-9-14(2)11-16(10-13)5-8-18(21)20-17-6-3-15(4-7-17)12-19(22)23/h3-4,6-7,9-11H,5,8,12H2,1-2H3,(H,20,21)(H,22,23). The molecule has 120 valence electrons. The van der Waals surface area contributed by atoms with Gasteiger partial charge in [-0.3, -0.25) is 9.59 Å². The average Bonchev–Trinajstić information content (AvgIpc) is 2.46. The third kappa shape index (κ3) is 5.58. The first-order valence-corrected chi connectivity index (χ1v) is 7.60. The average molecular weight is 311 g/mol. The first-order chi connectivity index (χ1) is 10.9. The van der Waals surface area contributed by atoms with Crippen LogP contribution in [-0.4, -0.2) is 17.0 Å². The maximum atomic E-state index is 12.0. The van der Waals surface area contributed by atoms with Crippen molar-refractivity contribution in [1.29, 1.82) is 0 Å². The van der Waals surface area contributed by atoms with Gasteiger partial charge in [-0.05, 0) is 43.5 Å². The summed E-state index contributed by atoms with van der Waals surface area (Å²) >= 11 is 0. The van der Waals surface area contributed by atoms with Crippen LogP contribution >= 0.6 is 0 Å². The molecular weight excluding hydrogens is 290 g/mol. The highest BCUT2D eigenvalue weighted by atomic mass is 16.4. The number of carbonyl (C=O) groups excluding carboxylic acids is 1. The van der Waals surface area contributed by atoms with Crippen LogP contribution in [0.25, 0.3) is 0 Å². The molecule has 0 unspecified atom stereocenters. The van der Waals surface area contributed by atoms with E-state index >= 15 is 0 Å². The SMILES string of the molecule is Cc1cc(C)cc(CCC(=O)Nc2ccc(CC(=O)O)cc2)c1.